The largest absolute Gasteiger partial charge is 0.481 e. The highest BCUT2D eigenvalue weighted by molar-refractivity contribution is 5.81. The molecule has 2 aromatic carbocycles. The van der Waals surface area contributed by atoms with Gasteiger partial charge in [-0.2, -0.15) is 0 Å². The zero-order chi connectivity index (χ0) is 22.7. The second-order valence-electron chi connectivity index (χ2n) is 8.60. The number of nitrogens with one attached hydrogen (secondary N) is 2. The Kier molecular flexibility index (Phi) is 6.44. The molecule has 2 aliphatic rings. The number of amides is 2. The first-order chi connectivity index (χ1) is 15.5. The Morgan fingerprint density at radius 3 is 2.28 bits per heavy atom. The van der Waals surface area contributed by atoms with E-state index in [0.29, 0.717) is 12.8 Å². The van der Waals surface area contributed by atoms with Gasteiger partial charge in [-0.3, -0.25) is 9.59 Å². The number of benzene rings is 2. The molecule has 168 valence electrons. The number of alkyl carbamates (subject to hydrolysis) is 1. The lowest BCUT2D eigenvalue weighted by Crippen LogP contribution is -2.45. The number of hydrogen-bond acceptors (Lipinski definition) is 4. The summed E-state index contributed by atoms with van der Waals surface area (Å²) in [7, 11) is 0. The molecule has 1 unspecified atom stereocenters. The minimum absolute atomic E-state index is 0.0239. The van der Waals surface area contributed by atoms with Crippen LogP contribution in [-0.4, -0.2) is 42.3 Å². The van der Waals surface area contributed by atoms with E-state index >= 15 is 0 Å². The maximum absolute atomic E-state index is 12.4. The van der Waals surface area contributed by atoms with Gasteiger partial charge in [0, 0.05) is 18.5 Å². The topological polar surface area (TPSA) is 105 Å². The highest BCUT2D eigenvalue weighted by atomic mass is 16.5. The van der Waals surface area contributed by atoms with Crippen molar-refractivity contribution in [3.8, 4) is 11.1 Å². The molecule has 32 heavy (non-hydrogen) atoms. The molecule has 3 N–H and O–H groups in total. The van der Waals surface area contributed by atoms with Crippen LogP contribution in [0.25, 0.3) is 11.1 Å². The van der Waals surface area contributed by atoms with Crippen molar-refractivity contribution in [1.29, 1.82) is 0 Å². The fourth-order valence-corrected chi connectivity index (χ4v) is 4.73. The average molecular weight is 437 g/mol. The van der Waals surface area contributed by atoms with Gasteiger partial charge in [0.1, 0.15) is 6.61 Å². The number of hydrogen-bond donors (Lipinski definition) is 3. The zero-order valence-electron chi connectivity index (χ0n) is 18.0. The molecule has 1 saturated carbocycles. The van der Waals surface area contributed by atoms with Gasteiger partial charge in [-0.1, -0.05) is 61.9 Å². The molecule has 0 bridgehead atoms. The normalized spacial score (nSPS) is 20.2. The fourth-order valence-electron chi connectivity index (χ4n) is 4.73. The van der Waals surface area contributed by atoms with Crippen LogP contribution in [-0.2, 0) is 14.3 Å². The average Bonchev–Trinajstić information content (AvgIpc) is 3.38. The van der Waals surface area contributed by atoms with Gasteiger partial charge in [0.05, 0.1) is 11.8 Å². The second-order valence-corrected chi connectivity index (χ2v) is 8.60. The molecule has 2 aromatic rings. The first-order valence-corrected chi connectivity index (χ1v) is 11.1. The number of carboxylic acid groups (broad SMARTS) is 1. The van der Waals surface area contributed by atoms with Crippen molar-refractivity contribution < 1.29 is 24.2 Å². The summed E-state index contributed by atoms with van der Waals surface area (Å²) in [5.74, 6) is -2.20. The van der Waals surface area contributed by atoms with E-state index in [-0.39, 0.29) is 31.0 Å². The Morgan fingerprint density at radius 2 is 1.66 bits per heavy atom. The standard InChI is InChI=1S/C25H28N2O5/c1-15(23(28)27-22-12-6-11-20(22)24(29)30)13-26-25(31)32-14-21-18-9-4-2-7-16(18)17-8-3-5-10-19(17)21/h2-5,7-10,15,20-22H,6,11-14H2,1H3,(H,26,31)(H,27,28)(H,29,30)/t15?,20-,22+/m0/s1. The Bertz CT molecular complexity index is 975. The summed E-state index contributed by atoms with van der Waals surface area (Å²) < 4.78 is 5.49. The number of rotatable bonds is 7. The van der Waals surface area contributed by atoms with E-state index in [1.165, 1.54) is 0 Å². The predicted molar refractivity (Wildman–Crippen MR) is 119 cm³/mol. The smallest absolute Gasteiger partial charge is 0.407 e. The number of carboxylic acids is 1. The van der Waals surface area contributed by atoms with Crippen LogP contribution in [0.5, 0.6) is 0 Å². The molecule has 0 saturated heterocycles. The Hall–Kier alpha value is -3.35. The van der Waals surface area contributed by atoms with Gasteiger partial charge in [0.15, 0.2) is 0 Å². The third-order valence-electron chi connectivity index (χ3n) is 6.50. The summed E-state index contributed by atoms with van der Waals surface area (Å²) in [5.41, 5.74) is 4.60. The monoisotopic (exact) mass is 436 g/mol. The number of fused-ring (bicyclic) bond motifs is 3. The number of carbonyl (C=O) groups excluding carboxylic acids is 2. The van der Waals surface area contributed by atoms with E-state index in [9.17, 15) is 19.5 Å². The quantitative estimate of drug-likeness (QED) is 0.616. The Balaban J connectivity index is 1.28. The van der Waals surface area contributed by atoms with Crippen molar-refractivity contribution in [2.24, 2.45) is 11.8 Å². The minimum Gasteiger partial charge on any atom is -0.481 e. The van der Waals surface area contributed by atoms with Gasteiger partial charge in [0.25, 0.3) is 0 Å². The highest BCUT2D eigenvalue weighted by Gasteiger charge is 2.34. The maximum atomic E-state index is 12.4. The van der Waals surface area contributed by atoms with Crippen LogP contribution < -0.4 is 10.6 Å². The number of aliphatic carboxylic acids is 1. The van der Waals surface area contributed by atoms with E-state index in [1.54, 1.807) is 6.92 Å². The van der Waals surface area contributed by atoms with Gasteiger partial charge in [0.2, 0.25) is 5.91 Å². The summed E-state index contributed by atoms with van der Waals surface area (Å²) >= 11 is 0. The van der Waals surface area contributed by atoms with Gasteiger partial charge in [-0.25, -0.2) is 4.79 Å². The lowest BCUT2D eigenvalue weighted by Gasteiger charge is -2.20. The van der Waals surface area contributed by atoms with Crippen LogP contribution in [0.1, 0.15) is 43.2 Å². The van der Waals surface area contributed by atoms with Crippen LogP contribution >= 0.6 is 0 Å². The fraction of sp³-hybridized carbons (Fsp3) is 0.400. The molecule has 0 heterocycles. The molecule has 0 spiro atoms. The van der Waals surface area contributed by atoms with E-state index in [0.717, 1.165) is 28.7 Å². The van der Waals surface area contributed by atoms with Gasteiger partial charge < -0.3 is 20.5 Å². The third kappa shape index (κ3) is 4.47. The van der Waals surface area contributed by atoms with Gasteiger partial charge in [-0.05, 0) is 35.1 Å². The molecule has 4 rings (SSSR count). The molecule has 7 heteroatoms. The third-order valence-corrected chi connectivity index (χ3v) is 6.50. The lowest BCUT2D eigenvalue weighted by atomic mass is 9.98. The molecule has 2 amide bonds. The van der Waals surface area contributed by atoms with Crippen LogP contribution in [0.4, 0.5) is 4.79 Å². The Labute approximate surface area is 187 Å². The minimum atomic E-state index is -0.878. The first kappa shape index (κ1) is 21.9. The molecular weight excluding hydrogens is 408 g/mol. The number of carbonyl (C=O) groups is 3. The SMILES string of the molecule is CC(CNC(=O)OCC1c2ccccc2-c2ccccc21)C(=O)N[C@@H]1CCC[C@@H]1C(=O)O. The summed E-state index contributed by atoms with van der Waals surface area (Å²) in [4.78, 5) is 36.0. The first-order valence-electron chi connectivity index (χ1n) is 11.1. The molecular formula is C25H28N2O5. The van der Waals surface area contributed by atoms with Crippen LogP contribution in [0.15, 0.2) is 48.5 Å². The molecule has 1 fully saturated rings. The van der Waals surface area contributed by atoms with E-state index in [2.05, 4.69) is 34.9 Å². The van der Waals surface area contributed by atoms with Crippen molar-refractivity contribution in [1.82, 2.24) is 10.6 Å². The lowest BCUT2D eigenvalue weighted by molar-refractivity contribution is -0.142. The highest BCUT2D eigenvalue weighted by Crippen LogP contribution is 2.44. The van der Waals surface area contributed by atoms with Crippen LogP contribution in [0, 0.1) is 11.8 Å². The van der Waals surface area contributed by atoms with Gasteiger partial charge >= 0.3 is 12.1 Å². The molecule has 3 atom stereocenters. The summed E-state index contributed by atoms with van der Waals surface area (Å²) in [6.45, 7) is 2.03. The second kappa shape index (κ2) is 9.42. The number of ether oxygens (including phenoxy) is 1. The van der Waals surface area contributed by atoms with Crippen molar-refractivity contribution in [3.63, 3.8) is 0 Å². The van der Waals surface area contributed by atoms with Crippen molar-refractivity contribution in [2.75, 3.05) is 13.2 Å². The van der Waals surface area contributed by atoms with E-state index in [4.69, 9.17) is 4.74 Å². The molecule has 0 radical (unpaired) electrons. The van der Waals surface area contributed by atoms with Crippen molar-refractivity contribution in [2.45, 2.75) is 38.1 Å². The van der Waals surface area contributed by atoms with Crippen molar-refractivity contribution >= 4 is 18.0 Å². The van der Waals surface area contributed by atoms with Crippen LogP contribution in [0.3, 0.4) is 0 Å². The van der Waals surface area contributed by atoms with E-state index < -0.39 is 23.9 Å². The summed E-state index contributed by atoms with van der Waals surface area (Å²) in [5, 5.41) is 14.7. The van der Waals surface area contributed by atoms with Crippen LogP contribution in [0.2, 0.25) is 0 Å². The molecule has 0 aliphatic heterocycles. The summed E-state index contributed by atoms with van der Waals surface area (Å²) in [6, 6.07) is 15.9. The maximum Gasteiger partial charge on any atom is 0.407 e. The molecule has 0 aromatic heterocycles. The Morgan fingerprint density at radius 1 is 1.03 bits per heavy atom. The molecule has 2 aliphatic carbocycles. The summed E-state index contributed by atoms with van der Waals surface area (Å²) in [6.07, 6.45) is 1.45. The van der Waals surface area contributed by atoms with Crippen molar-refractivity contribution in [3.05, 3.63) is 59.7 Å². The van der Waals surface area contributed by atoms with Gasteiger partial charge in [-0.15, -0.1) is 0 Å². The molecule has 7 nitrogen and oxygen atoms in total. The predicted octanol–water partition coefficient (Wildman–Crippen LogP) is 3.53. The van der Waals surface area contributed by atoms with E-state index in [1.807, 2.05) is 24.3 Å². The zero-order valence-corrected chi connectivity index (χ0v) is 18.0.